The highest BCUT2D eigenvalue weighted by molar-refractivity contribution is 5.55. The maximum absolute atomic E-state index is 5.10. The Bertz CT molecular complexity index is 429. The molecule has 0 amide bonds. The van der Waals surface area contributed by atoms with Gasteiger partial charge in [-0.3, -0.25) is 0 Å². The molecule has 1 aromatic rings. The lowest BCUT2D eigenvalue weighted by atomic mass is 9.85. The first-order valence-electron chi connectivity index (χ1n) is 8.28. The van der Waals surface area contributed by atoms with Gasteiger partial charge in [-0.05, 0) is 44.2 Å². The Morgan fingerprint density at radius 2 is 2.14 bits per heavy atom. The van der Waals surface area contributed by atoms with Crippen molar-refractivity contribution in [2.45, 2.75) is 39.7 Å². The van der Waals surface area contributed by atoms with Gasteiger partial charge in [-0.15, -0.1) is 0 Å². The number of hydrogen-bond donors (Lipinski definition) is 1. The zero-order chi connectivity index (χ0) is 15.1. The van der Waals surface area contributed by atoms with Crippen molar-refractivity contribution in [2.24, 2.45) is 5.92 Å². The molecule has 1 fully saturated rings. The highest BCUT2D eigenvalue weighted by atomic mass is 16.5. The molecule has 0 bridgehead atoms. The molecule has 0 atom stereocenters. The SMILES string of the molecule is CCN(CC1CCC1)c1ccc(C)cc1CNCCOC. The summed E-state index contributed by atoms with van der Waals surface area (Å²) in [6, 6.07) is 6.85. The number of methoxy groups -OCH3 is 1. The fraction of sp³-hybridized carbons (Fsp3) is 0.667. The predicted octanol–water partition coefficient (Wildman–Crippen LogP) is 3.36. The first-order chi connectivity index (χ1) is 10.2. The fourth-order valence-electron chi connectivity index (χ4n) is 2.95. The first kappa shape index (κ1) is 16.3. The second-order valence-electron chi connectivity index (χ2n) is 6.14. The molecule has 1 aliphatic carbocycles. The van der Waals surface area contributed by atoms with E-state index >= 15 is 0 Å². The predicted molar refractivity (Wildman–Crippen MR) is 90.0 cm³/mol. The molecule has 1 saturated carbocycles. The molecule has 2 rings (SSSR count). The van der Waals surface area contributed by atoms with Crippen molar-refractivity contribution in [1.29, 1.82) is 0 Å². The minimum Gasteiger partial charge on any atom is -0.383 e. The van der Waals surface area contributed by atoms with Crippen LogP contribution >= 0.6 is 0 Å². The van der Waals surface area contributed by atoms with Crippen LogP contribution in [0.15, 0.2) is 18.2 Å². The van der Waals surface area contributed by atoms with Crippen molar-refractivity contribution in [2.75, 3.05) is 38.3 Å². The number of rotatable bonds is 9. The monoisotopic (exact) mass is 290 g/mol. The fourth-order valence-corrected chi connectivity index (χ4v) is 2.95. The topological polar surface area (TPSA) is 24.5 Å². The van der Waals surface area contributed by atoms with Crippen LogP contribution in [0.3, 0.4) is 0 Å². The number of ether oxygens (including phenoxy) is 1. The molecule has 0 spiro atoms. The van der Waals surface area contributed by atoms with Crippen molar-refractivity contribution < 1.29 is 4.74 Å². The smallest absolute Gasteiger partial charge is 0.0587 e. The summed E-state index contributed by atoms with van der Waals surface area (Å²) in [5.74, 6) is 0.903. The standard InChI is InChI=1S/C18H30N2O/c1-4-20(14-16-6-5-7-16)18-9-8-15(2)12-17(18)13-19-10-11-21-3/h8-9,12,16,19H,4-7,10-11,13-14H2,1-3H3. The van der Waals surface area contributed by atoms with Crippen molar-refractivity contribution in [3.8, 4) is 0 Å². The lowest BCUT2D eigenvalue weighted by Gasteiger charge is -2.34. The normalized spacial score (nSPS) is 15.0. The summed E-state index contributed by atoms with van der Waals surface area (Å²) in [5.41, 5.74) is 4.15. The molecule has 3 heteroatoms. The van der Waals surface area contributed by atoms with Crippen molar-refractivity contribution in [3.63, 3.8) is 0 Å². The van der Waals surface area contributed by atoms with Crippen LogP contribution in [0.4, 0.5) is 5.69 Å². The summed E-state index contributed by atoms with van der Waals surface area (Å²) in [6.07, 6.45) is 4.23. The van der Waals surface area contributed by atoms with Crippen LogP contribution in [0.5, 0.6) is 0 Å². The molecule has 1 N–H and O–H groups in total. The van der Waals surface area contributed by atoms with Gasteiger partial charge in [0.05, 0.1) is 6.61 Å². The molecular formula is C18H30N2O. The van der Waals surface area contributed by atoms with Gasteiger partial charge in [-0.2, -0.15) is 0 Å². The van der Waals surface area contributed by atoms with E-state index in [1.807, 2.05) is 0 Å². The van der Waals surface area contributed by atoms with Crippen LogP contribution in [0, 0.1) is 12.8 Å². The second-order valence-corrected chi connectivity index (χ2v) is 6.14. The van der Waals surface area contributed by atoms with Crippen LogP contribution in [-0.4, -0.2) is 33.4 Å². The van der Waals surface area contributed by atoms with Gasteiger partial charge in [0.2, 0.25) is 0 Å². The summed E-state index contributed by atoms with van der Waals surface area (Å²) >= 11 is 0. The van der Waals surface area contributed by atoms with Gasteiger partial charge in [0.15, 0.2) is 0 Å². The van der Waals surface area contributed by atoms with E-state index in [2.05, 4.69) is 42.3 Å². The second kappa shape index (κ2) is 8.40. The number of nitrogens with one attached hydrogen (secondary N) is 1. The van der Waals surface area contributed by atoms with Gasteiger partial charge in [0.1, 0.15) is 0 Å². The highest BCUT2D eigenvalue weighted by Gasteiger charge is 2.21. The molecule has 0 aliphatic heterocycles. The van der Waals surface area contributed by atoms with E-state index in [4.69, 9.17) is 4.74 Å². The summed E-state index contributed by atoms with van der Waals surface area (Å²) in [7, 11) is 1.75. The summed E-state index contributed by atoms with van der Waals surface area (Å²) in [5, 5.41) is 3.48. The first-order valence-corrected chi connectivity index (χ1v) is 8.28. The van der Waals surface area contributed by atoms with E-state index < -0.39 is 0 Å². The minimum atomic E-state index is 0.765. The number of anilines is 1. The Balaban J connectivity index is 2.04. The van der Waals surface area contributed by atoms with E-state index in [1.54, 1.807) is 7.11 Å². The largest absolute Gasteiger partial charge is 0.383 e. The average Bonchev–Trinajstić information content (AvgIpc) is 2.44. The molecule has 0 saturated heterocycles. The van der Waals surface area contributed by atoms with Crippen LogP contribution in [-0.2, 0) is 11.3 Å². The Morgan fingerprint density at radius 1 is 1.33 bits per heavy atom. The van der Waals surface area contributed by atoms with Crippen LogP contribution < -0.4 is 10.2 Å². The lowest BCUT2D eigenvalue weighted by molar-refractivity contribution is 0.199. The molecule has 118 valence electrons. The minimum absolute atomic E-state index is 0.765. The van der Waals surface area contributed by atoms with Crippen LogP contribution in [0.25, 0.3) is 0 Å². The van der Waals surface area contributed by atoms with Gasteiger partial charge in [-0.25, -0.2) is 0 Å². The van der Waals surface area contributed by atoms with Crippen molar-refractivity contribution >= 4 is 5.69 Å². The van der Waals surface area contributed by atoms with Crippen molar-refractivity contribution in [1.82, 2.24) is 5.32 Å². The third kappa shape index (κ3) is 4.72. The highest BCUT2D eigenvalue weighted by Crippen LogP contribution is 2.30. The molecule has 3 nitrogen and oxygen atoms in total. The maximum atomic E-state index is 5.10. The van der Waals surface area contributed by atoms with Crippen LogP contribution in [0.1, 0.15) is 37.3 Å². The van der Waals surface area contributed by atoms with Gasteiger partial charge in [0.25, 0.3) is 0 Å². The molecule has 0 heterocycles. The molecular weight excluding hydrogens is 260 g/mol. The molecule has 0 radical (unpaired) electrons. The lowest BCUT2D eigenvalue weighted by Crippen LogP contribution is -2.33. The summed E-state index contributed by atoms with van der Waals surface area (Å²) in [6.45, 7) is 9.32. The molecule has 1 aliphatic rings. The Morgan fingerprint density at radius 3 is 2.76 bits per heavy atom. The van der Waals surface area contributed by atoms with Gasteiger partial charge < -0.3 is 15.0 Å². The van der Waals surface area contributed by atoms with E-state index in [-0.39, 0.29) is 0 Å². The average molecular weight is 290 g/mol. The third-order valence-electron chi connectivity index (χ3n) is 4.46. The molecule has 0 unspecified atom stereocenters. The van der Waals surface area contributed by atoms with Gasteiger partial charge in [-0.1, -0.05) is 24.1 Å². The number of benzene rings is 1. The van der Waals surface area contributed by atoms with Crippen LogP contribution in [0.2, 0.25) is 0 Å². The van der Waals surface area contributed by atoms with Gasteiger partial charge >= 0.3 is 0 Å². The quantitative estimate of drug-likeness (QED) is 0.706. The van der Waals surface area contributed by atoms with Crippen molar-refractivity contribution in [3.05, 3.63) is 29.3 Å². The Kier molecular flexibility index (Phi) is 6.52. The van der Waals surface area contributed by atoms with E-state index in [0.717, 1.165) is 32.2 Å². The Labute approximate surface area is 129 Å². The summed E-state index contributed by atoms with van der Waals surface area (Å²) < 4.78 is 5.10. The van der Waals surface area contributed by atoms with Gasteiger partial charge in [0, 0.05) is 39.0 Å². The van der Waals surface area contributed by atoms with E-state index in [0.29, 0.717) is 0 Å². The number of hydrogen-bond acceptors (Lipinski definition) is 3. The third-order valence-corrected chi connectivity index (χ3v) is 4.46. The number of aryl methyl sites for hydroxylation is 1. The molecule has 1 aromatic carbocycles. The number of nitrogens with zero attached hydrogens (tertiary/aromatic N) is 1. The van der Waals surface area contributed by atoms with E-state index in [1.165, 1.54) is 42.6 Å². The summed E-state index contributed by atoms with van der Waals surface area (Å²) in [4.78, 5) is 2.55. The molecule has 0 aromatic heterocycles. The van der Waals surface area contributed by atoms with E-state index in [9.17, 15) is 0 Å². The maximum Gasteiger partial charge on any atom is 0.0587 e. The Hall–Kier alpha value is -1.06. The molecule has 21 heavy (non-hydrogen) atoms. The zero-order valence-corrected chi connectivity index (χ0v) is 13.8. The zero-order valence-electron chi connectivity index (χ0n) is 13.8.